The zero-order chi connectivity index (χ0) is 14.7. The molecule has 2 bridgehead atoms. The molecule has 0 aromatic carbocycles. The normalized spacial score (nSPS) is 33.0. The van der Waals surface area contributed by atoms with Crippen LogP contribution in [0.2, 0.25) is 0 Å². The number of nitrogens with one attached hydrogen (secondary N) is 1. The summed E-state index contributed by atoms with van der Waals surface area (Å²) in [5.41, 5.74) is 0. The molecular weight excluding hydrogens is 304 g/mol. The molecule has 0 radical (unpaired) electrons. The van der Waals surface area contributed by atoms with Crippen molar-refractivity contribution in [3.05, 3.63) is 0 Å². The second-order valence-electron chi connectivity index (χ2n) is 6.59. The van der Waals surface area contributed by atoms with Crippen LogP contribution < -0.4 is 5.32 Å². The Morgan fingerprint density at radius 3 is 2.86 bits per heavy atom. The summed E-state index contributed by atoms with van der Waals surface area (Å²) in [6, 6.07) is 0.775. The summed E-state index contributed by atoms with van der Waals surface area (Å²) in [6.07, 6.45) is 6.58. The van der Waals surface area contributed by atoms with Crippen LogP contribution in [0.1, 0.15) is 45.4 Å². The largest absolute Gasteiger partial charge is 0.376 e. The Balaban J connectivity index is 0.00000176. The lowest BCUT2D eigenvalue weighted by atomic mass is 10.1. The Morgan fingerprint density at radius 2 is 2.09 bits per heavy atom. The first-order valence-corrected chi connectivity index (χ1v) is 8.52. The van der Waals surface area contributed by atoms with E-state index >= 15 is 0 Å². The Hall–Kier alpha value is -0.360. The summed E-state index contributed by atoms with van der Waals surface area (Å²) in [4.78, 5) is 14.8. The maximum Gasteiger partial charge on any atom is 0.251 e. The van der Waals surface area contributed by atoms with E-state index in [2.05, 4.69) is 10.2 Å². The van der Waals surface area contributed by atoms with Crippen LogP contribution in [0.4, 0.5) is 0 Å². The number of hydrogen-bond donors (Lipinski definition) is 1. The maximum atomic E-state index is 12.7. The summed E-state index contributed by atoms with van der Waals surface area (Å²) in [7, 11) is 0. The van der Waals surface area contributed by atoms with E-state index in [4.69, 9.17) is 9.47 Å². The minimum absolute atomic E-state index is 0. The molecule has 0 aromatic heterocycles. The Morgan fingerprint density at radius 1 is 1.27 bits per heavy atom. The highest BCUT2D eigenvalue weighted by atomic mass is 35.5. The van der Waals surface area contributed by atoms with E-state index in [1.165, 1.54) is 6.42 Å². The number of halogens is 1. The molecule has 3 aliphatic heterocycles. The highest BCUT2D eigenvalue weighted by Crippen LogP contribution is 2.29. The van der Waals surface area contributed by atoms with E-state index in [9.17, 15) is 4.79 Å². The van der Waals surface area contributed by atoms with Gasteiger partial charge in [0.2, 0.25) is 0 Å². The maximum absolute atomic E-state index is 12.7. The van der Waals surface area contributed by atoms with Gasteiger partial charge in [-0.15, -0.1) is 12.4 Å². The van der Waals surface area contributed by atoms with Crippen LogP contribution in [0.15, 0.2) is 0 Å². The van der Waals surface area contributed by atoms with Crippen LogP contribution in [0, 0.1) is 0 Å². The van der Waals surface area contributed by atoms with Gasteiger partial charge in [-0.2, -0.15) is 0 Å². The number of rotatable bonds is 4. The van der Waals surface area contributed by atoms with Gasteiger partial charge < -0.3 is 19.7 Å². The molecule has 0 aromatic rings. The second kappa shape index (κ2) is 8.48. The van der Waals surface area contributed by atoms with Crippen LogP contribution >= 0.6 is 12.4 Å². The molecule has 0 spiro atoms. The third-order valence-electron chi connectivity index (χ3n) is 5.06. The fraction of sp³-hybridized carbons (Fsp3) is 0.938. The molecule has 1 N–H and O–H groups in total. The van der Waals surface area contributed by atoms with Crippen LogP contribution in [0.25, 0.3) is 0 Å². The SMILES string of the molecule is CC(OCC1CCCCO1)C(=O)N1C2CCNCC1CC2.Cl. The number of carbonyl (C=O) groups excluding carboxylic acids is 1. The van der Waals surface area contributed by atoms with Crippen molar-refractivity contribution in [2.24, 2.45) is 0 Å². The fourth-order valence-corrected chi connectivity index (χ4v) is 3.81. The molecule has 128 valence electrons. The van der Waals surface area contributed by atoms with Gasteiger partial charge in [-0.3, -0.25) is 4.79 Å². The van der Waals surface area contributed by atoms with E-state index < -0.39 is 0 Å². The average molecular weight is 333 g/mol. The Kier molecular flexibility index (Phi) is 6.93. The van der Waals surface area contributed by atoms with Crippen molar-refractivity contribution in [2.45, 2.75) is 69.7 Å². The smallest absolute Gasteiger partial charge is 0.251 e. The molecule has 3 saturated heterocycles. The van der Waals surface area contributed by atoms with Crippen molar-refractivity contribution in [3.8, 4) is 0 Å². The molecule has 3 rings (SSSR count). The quantitative estimate of drug-likeness (QED) is 0.852. The summed E-state index contributed by atoms with van der Waals surface area (Å²) >= 11 is 0. The topological polar surface area (TPSA) is 50.8 Å². The highest BCUT2D eigenvalue weighted by Gasteiger charge is 2.39. The van der Waals surface area contributed by atoms with Crippen LogP contribution in [0.5, 0.6) is 0 Å². The predicted octanol–water partition coefficient (Wildman–Crippen LogP) is 1.74. The molecule has 5 nitrogen and oxygen atoms in total. The van der Waals surface area contributed by atoms with Crippen molar-refractivity contribution in [1.82, 2.24) is 10.2 Å². The van der Waals surface area contributed by atoms with Crippen molar-refractivity contribution < 1.29 is 14.3 Å². The average Bonchev–Trinajstić information content (AvgIpc) is 2.78. The lowest BCUT2D eigenvalue weighted by Gasteiger charge is -2.31. The lowest BCUT2D eigenvalue weighted by molar-refractivity contribution is -0.148. The van der Waals surface area contributed by atoms with Gasteiger partial charge in [0.05, 0.1) is 12.7 Å². The van der Waals surface area contributed by atoms with Gasteiger partial charge in [-0.25, -0.2) is 0 Å². The highest BCUT2D eigenvalue weighted by molar-refractivity contribution is 5.85. The molecule has 4 unspecified atom stereocenters. The van der Waals surface area contributed by atoms with Crippen LogP contribution in [-0.2, 0) is 14.3 Å². The molecule has 22 heavy (non-hydrogen) atoms. The molecule has 3 fully saturated rings. The Bertz CT molecular complexity index is 349. The van der Waals surface area contributed by atoms with E-state index in [1.54, 1.807) is 0 Å². The van der Waals surface area contributed by atoms with Gasteiger partial charge in [-0.1, -0.05) is 0 Å². The Labute approximate surface area is 139 Å². The fourth-order valence-electron chi connectivity index (χ4n) is 3.81. The van der Waals surface area contributed by atoms with Gasteiger partial charge in [0.25, 0.3) is 5.91 Å². The van der Waals surface area contributed by atoms with Crippen molar-refractivity contribution in [3.63, 3.8) is 0 Å². The van der Waals surface area contributed by atoms with Gasteiger partial charge in [0, 0.05) is 25.2 Å². The van der Waals surface area contributed by atoms with Crippen LogP contribution in [-0.4, -0.2) is 61.4 Å². The number of fused-ring (bicyclic) bond motifs is 2. The lowest BCUT2D eigenvalue weighted by Crippen LogP contribution is -2.47. The predicted molar refractivity (Wildman–Crippen MR) is 87.4 cm³/mol. The standard InChI is InChI=1S/C16H28N2O3.ClH/c1-12(21-11-15-4-2-3-9-20-15)16(19)18-13-5-6-14(18)10-17-8-7-13;/h12-15,17H,2-11H2,1H3;1H. The minimum atomic E-state index is -0.350. The second-order valence-corrected chi connectivity index (χ2v) is 6.59. The molecule has 0 saturated carbocycles. The van der Waals surface area contributed by atoms with E-state index in [-0.39, 0.29) is 30.5 Å². The van der Waals surface area contributed by atoms with Crippen LogP contribution in [0.3, 0.4) is 0 Å². The molecule has 0 aliphatic carbocycles. The first-order chi connectivity index (χ1) is 10.3. The summed E-state index contributed by atoms with van der Waals surface area (Å²) in [5.74, 6) is 0.169. The third-order valence-corrected chi connectivity index (χ3v) is 5.06. The molecule has 6 heteroatoms. The summed E-state index contributed by atoms with van der Waals surface area (Å²) in [5, 5.41) is 3.43. The van der Waals surface area contributed by atoms with E-state index in [0.29, 0.717) is 18.7 Å². The number of amides is 1. The zero-order valence-electron chi connectivity index (χ0n) is 13.5. The number of ether oxygens (including phenoxy) is 2. The molecule has 3 aliphatic rings. The van der Waals surface area contributed by atoms with Gasteiger partial charge >= 0.3 is 0 Å². The zero-order valence-corrected chi connectivity index (χ0v) is 14.3. The van der Waals surface area contributed by atoms with Gasteiger partial charge in [0.15, 0.2) is 0 Å². The summed E-state index contributed by atoms with van der Waals surface area (Å²) < 4.78 is 11.5. The van der Waals surface area contributed by atoms with Gasteiger partial charge in [-0.05, 0) is 52.0 Å². The van der Waals surface area contributed by atoms with Gasteiger partial charge in [0.1, 0.15) is 6.10 Å². The molecule has 3 heterocycles. The number of nitrogens with zero attached hydrogens (tertiary/aromatic N) is 1. The third kappa shape index (κ3) is 4.13. The monoisotopic (exact) mass is 332 g/mol. The molecule has 1 amide bonds. The van der Waals surface area contributed by atoms with Crippen molar-refractivity contribution >= 4 is 18.3 Å². The first kappa shape index (κ1) is 18.0. The van der Waals surface area contributed by atoms with Crippen molar-refractivity contribution in [1.29, 1.82) is 0 Å². The van der Waals surface area contributed by atoms with E-state index in [1.807, 2.05) is 6.92 Å². The summed E-state index contributed by atoms with van der Waals surface area (Å²) in [6.45, 7) is 5.23. The first-order valence-electron chi connectivity index (χ1n) is 8.52. The number of hydrogen-bond acceptors (Lipinski definition) is 4. The number of carbonyl (C=O) groups is 1. The van der Waals surface area contributed by atoms with Crippen molar-refractivity contribution in [2.75, 3.05) is 26.3 Å². The minimum Gasteiger partial charge on any atom is -0.376 e. The van der Waals surface area contributed by atoms with E-state index in [0.717, 1.165) is 51.8 Å². The molecular formula is C16H29ClN2O3. The molecule has 4 atom stereocenters.